The van der Waals surface area contributed by atoms with Crippen LogP contribution in [0.4, 0.5) is 0 Å². The summed E-state index contributed by atoms with van der Waals surface area (Å²) >= 11 is 20.4. The van der Waals surface area contributed by atoms with Crippen LogP contribution >= 0.6 is 46.1 Å². The largest absolute Gasteiger partial charge is 0.330 e. The second kappa shape index (κ2) is 9.70. The molecule has 1 aliphatic rings. The number of amides is 2. The Kier molecular flexibility index (Phi) is 7.62. The molecule has 1 aromatic heterocycles. The molecular formula is C23H27Cl3N2O2S. The highest BCUT2D eigenvalue weighted by molar-refractivity contribution is 7.10. The number of rotatable bonds is 6. The lowest BCUT2D eigenvalue weighted by Crippen LogP contribution is -2.52. The van der Waals surface area contributed by atoms with Gasteiger partial charge < -0.3 is 9.80 Å². The number of fused-ring (bicyclic) bond motifs is 1. The minimum Gasteiger partial charge on any atom is -0.330 e. The molecule has 1 aromatic carbocycles. The third-order valence-electron chi connectivity index (χ3n) is 5.65. The highest BCUT2D eigenvalue weighted by Crippen LogP contribution is 2.41. The van der Waals surface area contributed by atoms with Gasteiger partial charge in [-0.15, -0.1) is 22.9 Å². The van der Waals surface area contributed by atoms with Crippen molar-refractivity contribution in [3.05, 3.63) is 55.7 Å². The van der Waals surface area contributed by atoms with Crippen LogP contribution in [0.15, 0.2) is 29.6 Å². The lowest BCUT2D eigenvalue weighted by molar-refractivity contribution is -0.148. The van der Waals surface area contributed by atoms with Gasteiger partial charge in [0.05, 0.1) is 11.5 Å². The molecule has 0 saturated carbocycles. The first kappa shape index (κ1) is 24.4. The van der Waals surface area contributed by atoms with E-state index in [1.807, 2.05) is 30.2 Å². The molecule has 1 atom stereocenters. The third kappa shape index (κ3) is 5.05. The fourth-order valence-corrected chi connectivity index (χ4v) is 5.35. The minimum absolute atomic E-state index is 0.00199. The molecule has 31 heavy (non-hydrogen) atoms. The van der Waals surface area contributed by atoms with E-state index in [4.69, 9.17) is 34.8 Å². The maximum atomic E-state index is 13.6. The molecule has 8 heteroatoms. The van der Waals surface area contributed by atoms with Crippen molar-refractivity contribution in [1.29, 1.82) is 0 Å². The maximum absolute atomic E-state index is 13.6. The standard InChI is InChI=1S/C23H27Cl3N2O2S/c1-14(2)28(22(30)23(3,4)13-24)12-20(29)27-9-7-19-17(8-10-31-19)21(27)16-6-5-15(25)11-18(16)26/h5-6,8,10-11,14,21H,7,9,12-13H2,1-4H3. The smallest absolute Gasteiger partial charge is 0.243 e. The van der Waals surface area contributed by atoms with Crippen molar-refractivity contribution < 1.29 is 9.59 Å². The van der Waals surface area contributed by atoms with Gasteiger partial charge in [0.25, 0.3) is 0 Å². The average molecular weight is 502 g/mol. The summed E-state index contributed by atoms with van der Waals surface area (Å²) in [6.45, 7) is 7.99. The first-order valence-corrected chi connectivity index (χ1v) is 12.4. The van der Waals surface area contributed by atoms with Crippen molar-refractivity contribution in [2.24, 2.45) is 5.41 Å². The van der Waals surface area contributed by atoms with Crippen LogP contribution in [-0.4, -0.2) is 46.6 Å². The summed E-state index contributed by atoms with van der Waals surface area (Å²) < 4.78 is 0. The highest BCUT2D eigenvalue weighted by atomic mass is 35.5. The normalized spacial score (nSPS) is 16.4. The molecule has 0 spiro atoms. The van der Waals surface area contributed by atoms with E-state index in [1.165, 1.54) is 4.88 Å². The van der Waals surface area contributed by atoms with Crippen LogP contribution in [0.1, 0.15) is 49.7 Å². The summed E-state index contributed by atoms with van der Waals surface area (Å²) in [5.74, 6) is -0.0470. The number of alkyl halides is 1. The van der Waals surface area contributed by atoms with Crippen molar-refractivity contribution >= 4 is 58.0 Å². The SMILES string of the molecule is CC(C)N(CC(=O)N1CCc2sccc2C1c1ccc(Cl)cc1Cl)C(=O)C(C)(C)CCl. The highest BCUT2D eigenvalue weighted by Gasteiger charge is 2.38. The number of halogens is 3. The molecule has 2 aromatic rings. The Balaban J connectivity index is 1.95. The first-order chi connectivity index (χ1) is 14.6. The number of carbonyl (C=O) groups excluding carboxylic acids is 2. The van der Waals surface area contributed by atoms with Gasteiger partial charge in [0.1, 0.15) is 6.54 Å². The topological polar surface area (TPSA) is 40.6 Å². The Bertz CT molecular complexity index is 973. The van der Waals surface area contributed by atoms with Gasteiger partial charge in [-0.1, -0.05) is 29.3 Å². The molecule has 2 amide bonds. The summed E-state index contributed by atoms with van der Waals surface area (Å²) in [6.07, 6.45) is 0.781. The fraction of sp³-hybridized carbons (Fsp3) is 0.478. The molecule has 0 aliphatic carbocycles. The zero-order valence-electron chi connectivity index (χ0n) is 18.1. The number of benzene rings is 1. The van der Waals surface area contributed by atoms with Crippen molar-refractivity contribution in [1.82, 2.24) is 9.80 Å². The number of hydrogen-bond donors (Lipinski definition) is 0. The van der Waals surface area contributed by atoms with Crippen LogP contribution in [0.5, 0.6) is 0 Å². The molecule has 3 rings (SSSR count). The van der Waals surface area contributed by atoms with Gasteiger partial charge in [-0.05, 0) is 68.8 Å². The monoisotopic (exact) mass is 500 g/mol. The van der Waals surface area contributed by atoms with Gasteiger partial charge in [-0.25, -0.2) is 0 Å². The zero-order valence-corrected chi connectivity index (χ0v) is 21.2. The van der Waals surface area contributed by atoms with E-state index in [0.717, 1.165) is 17.5 Å². The van der Waals surface area contributed by atoms with Gasteiger partial charge in [-0.3, -0.25) is 9.59 Å². The van der Waals surface area contributed by atoms with Gasteiger partial charge in [0, 0.05) is 33.4 Å². The fourth-order valence-electron chi connectivity index (χ4n) is 3.82. The molecule has 0 fully saturated rings. The van der Waals surface area contributed by atoms with Crippen molar-refractivity contribution in [2.75, 3.05) is 19.0 Å². The molecule has 168 valence electrons. The summed E-state index contributed by atoms with van der Waals surface area (Å²) in [7, 11) is 0. The van der Waals surface area contributed by atoms with Crippen LogP contribution in [0.25, 0.3) is 0 Å². The lowest BCUT2D eigenvalue weighted by atomic mass is 9.92. The molecule has 1 aliphatic heterocycles. The molecule has 4 nitrogen and oxygen atoms in total. The second-order valence-corrected chi connectivity index (χ2v) is 10.9. The molecule has 0 radical (unpaired) electrons. The van der Waals surface area contributed by atoms with E-state index in [2.05, 4.69) is 6.07 Å². The zero-order chi connectivity index (χ0) is 22.9. The van der Waals surface area contributed by atoms with E-state index < -0.39 is 5.41 Å². The Morgan fingerprint density at radius 1 is 1.23 bits per heavy atom. The summed E-state index contributed by atoms with van der Waals surface area (Å²) in [5.41, 5.74) is 1.17. The third-order valence-corrected chi connectivity index (χ3v) is 7.87. The predicted octanol–water partition coefficient (Wildman–Crippen LogP) is 6.03. The van der Waals surface area contributed by atoms with Crippen LogP contribution in [-0.2, 0) is 16.0 Å². The lowest BCUT2D eigenvalue weighted by Gasteiger charge is -2.39. The Morgan fingerprint density at radius 2 is 1.94 bits per heavy atom. The van der Waals surface area contributed by atoms with E-state index >= 15 is 0 Å². The van der Waals surface area contributed by atoms with E-state index in [9.17, 15) is 9.59 Å². The van der Waals surface area contributed by atoms with Crippen molar-refractivity contribution in [3.8, 4) is 0 Å². The Morgan fingerprint density at radius 3 is 2.55 bits per heavy atom. The molecule has 1 unspecified atom stereocenters. The van der Waals surface area contributed by atoms with E-state index in [1.54, 1.807) is 42.2 Å². The predicted molar refractivity (Wildman–Crippen MR) is 129 cm³/mol. The Hall–Kier alpha value is -1.27. The Labute approximate surface area is 203 Å². The number of nitrogens with zero attached hydrogens (tertiary/aromatic N) is 2. The van der Waals surface area contributed by atoms with Crippen molar-refractivity contribution in [3.63, 3.8) is 0 Å². The van der Waals surface area contributed by atoms with Crippen LogP contribution in [0.2, 0.25) is 10.0 Å². The number of hydrogen-bond acceptors (Lipinski definition) is 3. The molecular weight excluding hydrogens is 475 g/mol. The van der Waals surface area contributed by atoms with Gasteiger partial charge in [-0.2, -0.15) is 0 Å². The van der Waals surface area contributed by atoms with Gasteiger partial charge in [0.15, 0.2) is 0 Å². The van der Waals surface area contributed by atoms with E-state index in [-0.39, 0.29) is 36.3 Å². The molecule has 0 saturated heterocycles. The van der Waals surface area contributed by atoms with Crippen LogP contribution in [0.3, 0.4) is 0 Å². The summed E-state index contributed by atoms with van der Waals surface area (Å²) in [4.78, 5) is 31.4. The summed E-state index contributed by atoms with van der Waals surface area (Å²) in [5, 5.41) is 3.12. The quantitative estimate of drug-likeness (QED) is 0.453. The van der Waals surface area contributed by atoms with E-state index in [0.29, 0.717) is 16.6 Å². The molecule has 0 bridgehead atoms. The number of thiophene rings is 1. The molecule has 2 heterocycles. The van der Waals surface area contributed by atoms with Gasteiger partial charge >= 0.3 is 0 Å². The second-order valence-electron chi connectivity index (χ2n) is 8.75. The summed E-state index contributed by atoms with van der Waals surface area (Å²) in [6, 6.07) is 6.99. The van der Waals surface area contributed by atoms with Crippen LogP contribution in [0, 0.1) is 5.41 Å². The van der Waals surface area contributed by atoms with Gasteiger partial charge in [0.2, 0.25) is 11.8 Å². The van der Waals surface area contributed by atoms with Crippen molar-refractivity contribution in [2.45, 2.75) is 46.2 Å². The maximum Gasteiger partial charge on any atom is 0.243 e. The van der Waals surface area contributed by atoms with Crippen LogP contribution < -0.4 is 0 Å². The minimum atomic E-state index is -0.743. The first-order valence-electron chi connectivity index (χ1n) is 10.2. The molecule has 0 N–H and O–H groups in total. The average Bonchev–Trinajstić information content (AvgIpc) is 3.19. The number of carbonyl (C=O) groups is 2.